The Bertz CT molecular complexity index is 581. The lowest BCUT2D eigenvalue weighted by molar-refractivity contribution is 0.0866. The van der Waals surface area contributed by atoms with Crippen LogP contribution in [0.2, 0.25) is 0 Å². The molecule has 0 unspecified atom stereocenters. The van der Waals surface area contributed by atoms with Crippen molar-refractivity contribution in [2.75, 3.05) is 37.6 Å². The van der Waals surface area contributed by atoms with Crippen LogP contribution < -0.4 is 10.2 Å². The molecule has 2 saturated heterocycles. The molecule has 24 heavy (non-hydrogen) atoms. The highest BCUT2D eigenvalue weighted by Gasteiger charge is 2.47. The SMILES string of the molecule is c1ccc2c(c1)N(C1CC(N3CCCCC3)C1)CC21CCNCC1. The molecule has 0 aromatic heterocycles. The van der Waals surface area contributed by atoms with E-state index in [-0.39, 0.29) is 0 Å². The number of likely N-dealkylation sites (tertiary alicyclic amines) is 1. The van der Waals surface area contributed by atoms with Gasteiger partial charge in [0.25, 0.3) is 0 Å². The number of fused-ring (bicyclic) bond motifs is 2. The Morgan fingerprint density at radius 3 is 2.46 bits per heavy atom. The van der Waals surface area contributed by atoms with Crippen LogP contribution in [0.5, 0.6) is 0 Å². The van der Waals surface area contributed by atoms with Crippen molar-refractivity contribution in [3.05, 3.63) is 29.8 Å². The normalized spacial score (nSPS) is 32.6. The van der Waals surface area contributed by atoms with Crippen LogP contribution in [0.3, 0.4) is 0 Å². The molecule has 1 N–H and O–H groups in total. The smallest absolute Gasteiger partial charge is 0.0407 e. The zero-order chi connectivity index (χ0) is 16.0. The van der Waals surface area contributed by atoms with Gasteiger partial charge in [0.2, 0.25) is 0 Å². The van der Waals surface area contributed by atoms with Gasteiger partial charge in [-0.15, -0.1) is 0 Å². The number of anilines is 1. The summed E-state index contributed by atoms with van der Waals surface area (Å²) in [5, 5.41) is 3.56. The quantitative estimate of drug-likeness (QED) is 0.901. The average molecular weight is 326 g/mol. The molecule has 0 radical (unpaired) electrons. The molecule has 3 fully saturated rings. The van der Waals surface area contributed by atoms with Crippen molar-refractivity contribution in [2.24, 2.45) is 0 Å². The van der Waals surface area contributed by atoms with Crippen LogP contribution >= 0.6 is 0 Å². The van der Waals surface area contributed by atoms with Crippen LogP contribution in [0, 0.1) is 0 Å². The summed E-state index contributed by atoms with van der Waals surface area (Å²) in [6, 6.07) is 11.0. The molecule has 1 saturated carbocycles. The fraction of sp³-hybridized carbons (Fsp3) is 0.714. The summed E-state index contributed by atoms with van der Waals surface area (Å²) >= 11 is 0. The second-order valence-electron chi connectivity index (χ2n) is 8.55. The van der Waals surface area contributed by atoms with Gasteiger partial charge in [0.1, 0.15) is 0 Å². The second-order valence-corrected chi connectivity index (χ2v) is 8.55. The minimum absolute atomic E-state index is 0.429. The van der Waals surface area contributed by atoms with Gasteiger partial charge in [-0.1, -0.05) is 24.6 Å². The summed E-state index contributed by atoms with van der Waals surface area (Å²) in [5.74, 6) is 0. The van der Waals surface area contributed by atoms with Gasteiger partial charge >= 0.3 is 0 Å². The van der Waals surface area contributed by atoms with E-state index in [4.69, 9.17) is 0 Å². The van der Waals surface area contributed by atoms with Gasteiger partial charge in [-0.2, -0.15) is 0 Å². The van der Waals surface area contributed by atoms with E-state index in [1.807, 2.05) is 0 Å². The molecule has 1 aromatic carbocycles. The minimum atomic E-state index is 0.429. The first-order valence-corrected chi connectivity index (χ1v) is 10.2. The molecule has 1 spiro atoms. The monoisotopic (exact) mass is 325 g/mol. The van der Waals surface area contributed by atoms with Crippen molar-refractivity contribution in [2.45, 2.75) is 62.4 Å². The number of nitrogens with zero attached hydrogens (tertiary/aromatic N) is 2. The van der Waals surface area contributed by atoms with E-state index in [0.29, 0.717) is 5.41 Å². The van der Waals surface area contributed by atoms with Crippen LogP contribution in [0.15, 0.2) is 24.3 Å². The molecule has 1 aromatic rings. The van der Waals surface area contributed by atoms with Crippen molar-refractivity contribution in [1.29, 1.82) is 0 Å². The van der Waals surface area contributed by atoms with Crippen LogP contribution in [0.25, 0.3) is 0 Å². The minimum Gasteiger partial charge on any atom is -0.367 e. The summed E-state index contributed by atoms with van der Waals surface area (Å²) in [6.45, 7) is 6.34. The Morgan fingerprint density at radius 2 is 1.67 bits per heavy atom. The predicted octanol–water partition coefficient (Wildman–Crippen LogP) is 3.14. The Kier molecular flexibility index (Phi) is 3.82. The predicted molar refractivity (Wildman–Crippen MR) is 99.8 cm³/mol. The van der Waals surface area contributed by atoms with Crippen molar-refractivity contribution in [3.63, 3.8) is 0 Å². The lowest BCUT2D eigenvalue weighted by Crippen LogP contribution is -2.56. The van der Waals surface area contributed by atoms with Crippen LogP contribution in [-0.2, 0) is 5.41 Å². The zero-order valence-electron chi connectivity index (χ0n) is 14.8. The number of hydrogen-bond acceptors (Lipinski definition) is 3. The Hall–Kier alpha value is -1.06. The maximum atomic E-state index is 3.56. The van der Waals surface area contributed by atoms with Gasteiger partial charge in [-0.05, 0) is 76.3 Å². The second kappa shape index (κ2) is 6.03. The fourth-order valence-corrected chi connectivity index (χ4v) is 5.72. The van der Waals surface area contributed by atoms with E-state index in [1.54, 1.807) is 11.3 Å². The van der Waals surface area contributed by atoms with Gasteiger partial charge in [-0.3, -0.25) is 0 Å². The third kappa shape index (κ3) is 2.40. The number of benzene rings is 1. The Balaban J connectivity index is 1.33. The van der Waals surface area contributed by atoms with Gasteiger partial charge in [0.05, 0.1) is 0 Å². The topological polar surface area (TPSA) is 18.5 Å². The van der Waals surface area contributed by atoms with Crippen LogP contribution in [-0.4, -0.2) is 49.7 Å². The molecule has 1 aliphatic carbocycles. The van der Waals surface area contributed by atoms with Gasteiger partial charge in [0, 0.05) is 29.7 Å². The zero-order valence-corrected chi connectivity index (χ0v) is 14.8. The molecule has 0 bridgehead atoms. The maximum absolute atomic E-state index is 3.56. The highest BCUT2D eigenvalue weighted by Crippen LogP contribution is 2.49. The van der Waals surface area contributed by atoms with Crippen molar-refractivity contribution in [1.82, 2.24) is 10.2 Å². The number of hydrogen-bond donors (Lipinski definition) is 1. The summed E-state index contributed by atoms with van der Waals surface area (Å²) in [5.41, 5.74) is 3.63. The summed E-state index contributed by atoms with van der Waals surface area (Å²) < 4.78 is 0. The molecular weight excluding hydrogens is 294 g/mol. The van der Waals surface area contributed by atoms with Crippen LogP contribution in [0.1, 0.15) is 50.5 Å². The van der Waals surface area contributed by atoms with E-state index in [0.717, 1.165) is 12.1 Å². The number of para-hydroxylation sites is 1. The molecule has 3 aliphatic heterocycles. The molecule has 3 heteroatoms. The largest absolute Gasteiger partial charge is 0.367 e. The summed E-state index contributed by atoms with van der Waals surface area (Å²) in [6.07, 6.45) is 9.69. The summed E-state index contributed by atoms with van der Waals surface area (Å²) in [7, 11) is 0. The average Bonchev–Trinajstić information content (AvgIpc) is 2.90. The fourth-order valence-electron chi connectivity index (χ4n) is 5.72. The maximum Gasteiger partial charge on any atom is 0.0407 e. The molecule has 4 aliphatic rings. The molecule has 0 amide bonds. The van der Waals surface area contributed by atoms with Gasteiger partial charge < -0.3 is 15.1 Å². The Morgan fingerprint density at radius 1 is 0.917 bits per heavy atom. The Labute approximate surface area is 146 Å². The molecule has 3 heterocycles. The third-order valence-corrected chi connectivity index (χ3v) is 7.25. The van der Waals surface area contributed by atoms with E-state index in [1.165, 1.54) is 77.7 Å². The number of rotatable bonds is 2. The third-order valence-electron chi connectivity index (χ3n) is 7.25. The molecular formula is C21H31N3. The lowest BCUT2D eigenvalue weighted by Gasteiger charge is -2.49. The van der Waals surface area contributed by atoms with Gasteiger partial charge in [0.15, 0.2) is 0 Å². The van der Waals surface area contributed by atoms with Crippen LogP contribution in [0.4, 0.5) is 5.69 Å². The first-order valence-electron chi connectivity index (χ1n) is 10.2. The number of piperidine rings is 2. The van der Waals surface area contributed by atoms with Crippen molar-refractivity contribution < 1.29 is 0 Å². The van der Waals surface area contributed by atoms with Crippen molar-refractivity contribution >= 4 is 5.69 Å². The first kappa shape index (κ1) is 15.2. The standard InChI is InChI=1S/C21H31N3/c1-4-12-23(13-5-1)17-14-18(15-17)24-16-21(8-10-22-11-9-21)19-6-2-3-7-20(19)24/h2-3,6-7,17-18,22H,1,4-5,8-16H2. The number of nitrogens with one attached hydrogen (secondary N) is 1. The molecule has 0 atom stereocenters. The van der Waals surface area contributed by atoms with Crippen molar-refractivity contribution in [3.8, 4) is 0 Å². The van der Waals surface area contributed by atoms with Gasteiger partial charge in [-0.25, -0.2) is 0 Å². The van der Waals surface area contributed by atoms with E-state index in [9.17, 15) is 0 Å². The molecule has 3 nitrogen and oxygen atoms in total. The highest BCUT2D eigenvalue weighted by atomic mass is 15.3. The molecule has 130 valence electrons. The van der Waals surface area contributed by atoms with E-state index in [2.05, 4.69) is 39.4 Å². The van der Waals surface area contributed by atoms with E-state index < -0.39 is 0 Å². The summed E-state index contributed by atoms with van der Waals surface area (Å²) in [4.78, 5) is 5.57. The lowest BCUT2D eigenvalue weighted by atomic mass is 9.74. The highest BCUT2D eigenvalue weighted by molar-refractivity contribution is 5.64. The van der Waals surface area contributed by atoms with E-state index >= 15 is 0 Å². The first-order chi connectivity index (χ1) is 11.9. The molecule has 5 rings (SSSR count).